The van der Waals surface area contributed by atoms with Crippen molar-refractivity contribution < 1.29 is 9.53 Å². The molecule has 82 valence electrons. The van der Waals surface area contributed by atoms with E-state index in [2.05, 4.69) is 15.9 Å². The maximum absolute atomic E-state index is 11.7. The van der Waals surface area contributed by atoms with Gasteiger partial charge in [0.1, 0.15) is 0 Å². The molecule has 2 nitrogen and oxygen atoms in total. The van der Waals surface area contributed by atoms with Gasteiger partial charge in [-0.2, -0.15) is 0 Å². The maximum atomic E-state index is 11.7. The topological polar surface area (TPSA) is 26.3 Å². The third kappa shape index (κ3) is 4.58. The number of hydrogen-bond donors (Lipinski definition) is 0. The summed E-state index contributed by atoms with van der Waals surface area (Å²) in [5.41, 5.74) is 0.788. The highest BCUT2D eigenvalue weighted by atomic mass is 79.9. The number of carbonyl (C=O) groups is 1. The summed E-state index contributed by atoms with van der Waals surface area (Å²) in [6.07, 6.45) is 2.44. The molecular formula is C12H15BrO2. The summed E-state index contributed by atoms with van der Waals surface area (Å²) in [5, 5.41) is 0. The molecule has 0 bridgehead atoms. The molecule has 0 aliphatic rings. The number of Topliss-reactive ketones (excluding diaryl/α,β-unsaturated/α-hetero) is 1. The Morgan fingerprint density at radius 3 is 2.53 bits per heavy atom. The van der Waals surface area contributed by atoms with Crippen LogP contribution in [-0.2, 0) is 4.74 Å². The number of hydrogen-bond acceptors (Lipinski definition) is 2. The van der Waals surface area contributed by atoms with Crippen molar-refractivity contribution in [2.45, 2.75) is 19.3 Å². The zero-order valence-electron chi connectivity index (χ0n) is 8.83. The number of benzene rings is 1. The minimum Gasteiger partial charge on any atom is -0.385 e. The highest BCUT2D eigenvalue weighted by Crippen LogP contribution is 2.13. The van der Waals surface area contributed by atoms with E-state index in [4.69, 9.17) is 4.74 Å². The fourth-order valence-corrected chi connectivity index (χ4v) is 1.58. The second-order valence-corrected chi connectivity index (χ2v) is 4.30. The van der Waals surface area contributed by atoms with Crippen LogP contribution < -0.4 is 0 Å². The fourth-order valence-electron chi connectivity index (χ4n) is 1.31. The van der Waals surface area contributed by atoms with Crippen molar-refractivity contribution in [3.63, 3.8) is 0 Å². The molecule has 0 saturated carbocycles. The quantitative estimate of drug-likeness (QED) is 0.585. The van der Waals surface area contributed by atoms with E-state index >= 15 is 0 Å². The molecule has 0 aliphatic heterocycles. The van der Waals surface area contributed by atoms with Crippen LogP contribution in [0.2, 0.25) is 0 Å². The highest BCUT2D eigenvalue weighted by Gasteiger charge is 2.04. The van der Waals surface area contributed by atoms with Gasteiger partial charge in [-0.1, -0.05) is 28.1 Å². The molecular weight excluding hydrogens is 256 g/mol. The van der Waals surface area contributed by atoms with Crippen LogP contribution in [0.25, 0.3) is 0 Å². The monoisotopic (exact) mass is 270 g/mol. The largest absolute Gasteiger partial charge is 0.385 e. The van der Waals surface area contributed by atoms with Gasteiger partial charge in [0.2, 0.25) is 0 Å². The van der Waals surface area contributed by atoms with Crippen LogP contribution in [-0.4, -0.2) is 19.5 Å². The van der Waals surface area contributed by atoms with Gasteiger partial charge in [-0.25, -0.2) is 0 Å². The number of rotatable bonds is 6. The lowest BCUT2D eigenvalue weighted by Gasteiger charge is -2.01. The van der Waals surface area contributed by atoms with Gasteiger partial charge in [0, 0.05) is 30.2 Å². The number of ketones is 1. The van der Waals surface area contributed by atoms with Gasteiger partial charge in [-0.05, 0) is 25.0 Å². The van der Waals surface area contributed by atoms with Crippen molar-refractivity contribution in [3.8, 4) is 0 Å². The summed E-state index contributed by atoms with van der Waals surface area (Å²) >= 11 is 3.34. The molecule has 3 heteroatoms. The summed E-state index contributed by atoms with van der Waals surface area (Å²) < 4.78 is 5.93. The first-order valence-electron chi connectivity index (χ1n) is 5.01. The van der Waals surface area contributed by atoms with Crippen molar-refractivity contribution >= 4 is 21.7 Å². The van der Waals surface area contributed by atoms with E-state index in [0.29, 0.717) is 6.42 Å². The Balaban J connectivity index is 2.37. The third-order valence-electron chi connectivity index (χ3n) is 2.17. The van der Waals surface area contributed by atoms with Crippen LogP contribution in [0.1, 0.15) is 29.6 Å². The van der Waals surface area contributed by atoms with Gasteiger partial charge in [0.25, 0.3) is 0 Å². The maximum Gasteiger partial charge on any atom is 0.162 e. The van der Waals surface area contributed by atoms with Gasteiger partial charge in [-0.15, -0.1) is 0 Å². The zero-order chi connectivity index (χ0) is 11.1. The summed E-state index contributed by atoms with van der Waals surface area (Å²) in [6, 6.07) is 7.48. The Hall–Kier alpha value is -0.670. The van der Waals surface area contributed by atoms with Crippen LogP contribution in [0.5, 0.6) is 0 Å². The molecule has 0 N–H and O–H groups in total. The van der Waals surface area contributed by atoms with Crippen molar-refractivity contribution in [1.29, 1.82) is 0 Å². The molecule has 0 aliphatic carbocycles. The Morgan fingerprint density at radius 1 is 1.27 bits per heavy atom. The molecule has 0 unspecified atom stereocenters. The smallest absolute Gasteiger partial charge is 0.162 e. The van der Waals surface area contributed by atoms with Gasteiger partial charge < -0.3 is 4.74 Å². The van der Waals surface area contributed by atoms with Crippen LogP contribution in [0.4, 0.5) is 0 Å². The van der Waals surface area contributed by atoms with E-state index < -0.39 is 0 Å². The molecule has 0 fully saturated rings. The molecule has 0 radical (unpaired) electrons. The Bertz CT molecular complexity index is 306. The Kier molecular flexibility index (Phi) is 5.58. The predicted octanol–water partition coefficient (Wildman–Crippen LogP) is 3.45. The second-order valence-electron chi connectivity index (χ2n) is 3.38. The molecule has 1 aromatic carbocycles. The standard InChI is InChI=1S/C12H15BrO2/c1-15-9-3-2-4-12(14)10-5-7-11(13)8-6-10/h5-8H,2-4,9H2,1H3. The van der Waals surface area contributed by atoms with Crippen LogP contribution in [0.3, 0.4) is 0 Å². The first kappa shape index (κ1) is 12.4. The number of unbranched alkanes of at least 4 members (excludes halogenated alkanes) is 1. The van der Waals surface area contributed by atoms with E-state index in [-0.39, 0.29) is 5.78 Å². The minimum absolute atomic E-state index is 0.207. The fraction of sp³-hybridized carbons (Fsp3) is 0.417. The van der Waals surface area contributed by atoms with E-state index in [9.17, 15) is 4.79 Å². The molecule has 0 saturated heterocycles. The van der Waals surface area contributed by atoms with E-state index in [0.717, 1.165) is 29.5 Å². The average molecular weight is 271 g/mol. The summed E-state index contributed by atoms with van der Waals surface area (Å²) in [5.74, 6) is 0.207. The lowest BCUT2D eigenvalue weighted by molar-refractivity contribution is 0.0975. The van der Waals surface area contributed by atoms with Crippen molar-refractivity contribution in [2.24, 2.45) is 0 Å². The van der Waals surface area contributed by atoms with Crippen molar-refractivity contribution in [3.05, 3.63) is 34.3 Å². The van der Waals surface area contributed by atoms with Gasteiger partial charge in [0.05, 0.1) is 0 Å². The average Bonchev–Trinajstić information content (AvgIpc) is 2.25. The van der Waals surface area contributed by atoms with Gasteiger partial charge >= 0.3 is 0 Å². The second kappa shape index (κ2) is 6.75. The summed E-state index contributed by atoms with van der Waals surface area (Å²) in [7, 11) is 1.68. The Morgan fingerprint density at radius 2 is 1.93 bits per heavy atom. The number of halogens is 1. The molecule has 0 heterocycles. The van der Waals surface area contributed by atoms with E-state index in [1.54, 1.807) is 7.11 Å². The van der Waals surface area contributed by atoms with E-state index in [1.165, 1.54) is 0 Å². The lowest BCUT2D eigenvalue weighted by atomic mass is 10.1. The Labute approximate surface area is 98.8 Å². The number of methoxy groups -OCH3 is 1. The van der Waals surface area contributed by atoms with Crippen LogP contribution in [0, 0.1) is 0 Å². The van der Waals surface area contributed by atoms with Crippen molar-refractivity contribution in [2.75, 3.05) is 13.7 Å². The molecule has 0 atom stereocenters. The number of carbonyl (C=O) groups excluding carboxylic acids is 1. The van der Waals surface area contributed by atoms with Crippen molar-refractivity contribution in [1.82, 2.24) is 0 Å². The van der Waals surface area contributed by atoms with Gasteiger partial charge in [-0.3, -0.25) is 4.79 Å². The molecule has 1 aromatic rings. The van der Waals surface area contributed by atoms with Gasteiger partial charge in [0.15, 0.2) is 5.78 Å². The zero-order valence-corrected chi connectivity index (χ0v) is 10.4. The molecule has 0 aromatic heterocycles. The first-order chi connectivity index (χ1) is 7.24. The third-order valence-corrected chi connectivity index (χ3v) is 2.70. The molecule has 1 rings (SSSR count). The SMILES string of the molecule is COCCCCC(=O)c1ccc(Br)cc1. The minimum atomic E-state index is 0.207. The molecule has 0 spiro atoms. The highest BCUT2D eigenvalue weighted by molar-refractivity contribution is 9.10. The normalized spacial score (nSPS) is 10.3. The summed E-state index contributed by atoms with van der Waals surface area (Å²) in [4.78, 5) is 11.7. The molecule has 15 heavy (non-hydrogen) atoms. The van der Waals surface area contributed by atoms with E-state index in [1.807, 2.05) is 24.3 Å². The number of ether oxygens (including phenoxy) is 1. The van der Waals surface area contributed by atoms with Crippen LogP contribution >= 0.6 is 15.9 Å². The summed E-state index contributed by atoms with van der Waals surface area (Å²) in [6.45, 7) is 0.730. The first-order valence-corrected chi connectivity index (χ1v) is 5.81. The lowest BCUT2D eigenvalue weighted by Crippen LogP contribution is -1.99. The predicted molar refractivity (Wildman–Crippen MR) is 64.2 cm³/mol. The molecule has 0 amide bonds. The van der Waals surface area contributed by atoms with Crippen LogP contribution in [0.15, 0.2) is 28.7 Å².